The summed E-state index contributed by atoms with van der Waals surface area (Å²) >= 11 is 1.72. The zero-order chi connectivity index (χ0) is 20.0. The first-order chi connectivity index (χ1) is 14.1. The number of methoxy groups -OCH3 is 1. The van der Waals surface area contributed by atoms with Gasteiger partial charge in [0, 0.05) is 43.2 Å². The summed E-state index contributed by atoms with van der Waals surface area (Å²) < 4.78 is 8.71. The fourth-order valence-electron chi connectivity index (χ4n) is 4.08. The van der Waals surface area contributed by atoms with Crippen molar-refractivity contribution in [3.8, 4) is 16.2 Å². The zero-order valence-electron chi connectivity index (χ0n) is 18.3. The molecule has 0 bridgehead atoms. The second-order valence-corrected chi connectivity index (χ2v) is 8.53. The Kier molecular flexibility index (Phi) is 10.6. The van der Waals surface area contributed by atoms with E-state index in [1.54, 1.807) is 18.4 Å². The van der Waals surface area contributed by atoms with Gasteiger partial charge in [-0.3, -0.25) is 4.90 Å². The molecule has 33 heavy (non-hydrogen) atoms. The summed E-state index contributed by atoms with van der Waals surface area (Å²) in [4.78, 5) is 7.85. The summed E-state index contributed by atoms with van der Waals surface area (Å²) in [6.07, 6.45) is 1.53. The number of hydrogen-bond acceptors (Lipinski definition) is 7. The van der Waals surface area contributed by atoms with Crippen LogP contribution in [0.4, 0.5) is 5.82 Å². The van der Waals surface area contributed by atoms with Gasteiger partial charge in [-0.15, -0.1) is 48.6 Å². The van der Waals surface area contributed by atoms with E-state index >= 15 is 0 Å². The minimum absolute atomic E-state index is 0. The maximum atomic E-state index is 6.30. The molecule has 0 saturated carbocycles. The molecule has 4 aromatic rings. The number of nitrogens with two attached hydrogens (primary N) is 1. The monoisotopic (exact) mass is 534 g/mol. The largest absolute Gasteiger partial charge is 0.495 e. The van der Waals surface area contributed by atoms with Crippen LogP contribution in [-0.4, -0.2) is 58.3 Å². The van der Waals surface area contributed by atoms with Crippen LogP contribution in [0.5, 0.6) is 5.75 Å². The third-order valence-corrected chi connectivity index (χ3v) is 6.66. The van der Waals surface area contributed by atoms with Crippen LogP contribution in [0.3, 0.4) is 0 Å². The molecule has 8 nitrogen and oxygen atoms in total. The fourth-order valence-corrected chi connectivity index (χ4v) is 5.23. The molecule has 0 spiro atoms. The van der Waals surface area contributed by atoms with Gasteiger partial charge < -0.3 is 21.3 Å². The van der Waals surface area contributed by atoms with Gasteiger partial charge in [-0.2, -0.15) is 5.10 Å². The Hall–Kier alpha value is -1.85. The van der Waals surface area contributed by atoms with E-state index in [-0.39, 0.29) is 42.7 Å². The van der Waals surface area contributed by atoms with Crippen LogP contribution in [0.1, 0.15) is 11.3 Å². The Balaban J connectivity index is 0.00000136. The van der Waals surface area contributed by atoms with E-state index in [9.17, 15) is 0 Å². The summed E-state index contributed by atoms with van der Waals surface area (Å²) in [5.41, 5.74) is 10.6. The maximum Gasteiger partial charge on any atom is 0.152 e. The highest BCUT2D eigenvalue weighted by atomic mass is 35.5. The average molecular weight is 536 g/mol. The predicted octanol–water partition coefficient (Wildman–Crippen LogP) is 3.36. The maximum absolute atomic E-state index is 6.30. The van der Waals surface area contributed by atoms with Crippen LogP contribution in [0.2, 0.25) is 0 Å². The number of piperazine rings is 1. The Morgan fingerprint density at radius 3 is 2.55 bits per heavy atom. The van der Waals surface area contributed by atoms with Crippen molar-refractivity contribution >= 4 is 70.0 Å². The number of ether oxygens (including phenoxy) is 1. The Morgan fingerprint density at radius 2 is 1.85 bits per heavy atom. The zero-order valence-corrected chi connectivity index (χ0v) is 21.6. The van der Waals surface area contributed by atoms with Crippen molar-refractivity contribution in [3.63, 3.8) is 0 Å². The predicted molar refractivity (Wildman–Crippen MR) is 143 cm³/mol. The second-order valence-electron chi connectivity index (χ2n) is 7.48. The van der Waals surface area contributed by atoms with E-state index in [0.29, 0.717) is 5.82 Å². The van der Waals surface area contributed by atoms with Crippen molar-refractivity contribution in [1.82, 2.24) is 24.8 Å². The Morgan fingerprint density at radius 1 is 1.12 bits per heavy atom. The quantitative estimate of drug-likeness (QED) is 0.414. The van der Waals surface area contributed by atoms with Crippen LogP contribution in [-0.2, 0) is 6.54 Å². The number of thiophene rings is 1. The summed E-state index contributed by atoms with van der Waals surface area (Å²) in [6, 6.07) is 8.70. The molecule has 1 aliphatic rings. The highest BCUT2D eigenvalue weighted by Crippen LogP contribution is 2.42. The van der Waals surface area contributed by atoms with Crippen LogP contribution in [0.25, 0.3) is 26.0 Å². The van der Waals surface area contributed by atoms with Crippen LogP contribution < -0.4 is 15.8 Å². The first-order valence-electron chi connectivity index (χ1n) is 9.77. The summed E-state index contributed by atoms with van der Waals surface area (Å²) in [6.45, 7) is 7.02. The number of nitrogens with one attached hydrogen (secondary N) is 1. The normalized spacial score (nSPS) is 13.5. The van der Waals surface area contributed by atoms with Gasteiger partial charge in [0.1, 0.15) is 17.6 Å². The first kappa shape index (κ1) is 29.2. The molecular weight excluding hydrogens is 507 g/mol. The van der Waals surface area contributed by atoms with Gasteiger partial charge >= 0.3 is 0 Å². The van der Waals surface area contributed by atoms with Gasteiger partial charge in [0.25, 0.3) is 0 Å². The van der Waals surface area contributed by atoms with Crippen molar-refractivity contribution in [3.05, 3.63) is 41.9 Å². The van der Waals surface area contributed by atoms with Crippen LogP contribution in [0, 0.1) is 6.92 Å². The molecule has 3 aromatic heterocycles. The SMILES string of the molecule is COc1cc(C)cc2cc(-c3cc(CN4CCNCC4)n4ncnc(N)c34)sc12.Cl.Cl.Cl.O. The molecule has 0 radical (unpaired) electrons. The van der Waals surface area contributed by atoms with Crippen molar-refractivity contribution < 1.29 is 10.2 Å². The molecule has 4 heterocycles. The van der Waals surface area contributed by atoms with Crippen molar-refractivity contribution in [2.24, 2.45) is 0 Å². The van der Waals surface area contributed by atoms with Crippen molar-refractivity contribution in [1.29, 1.82) is 0 Å². The standard InChI is InChI=1S/C21H24N6OS.3ClH.H2O/c1-13-7-14-9-18(29-20(14)17(8-13)28-2)16-10-15(11-26-5-3-23-4-6-26)27-19(16)21(22)24-12-25-27;;;;/h7-10,12,23H,3-6,11H2,1-2H3,(H2,22,24,25);3*1H;1H2. The lowest BCUT2D eigenvalue weighted by Crippen LogP contribution is -2.43. The average Bonchev–Trinajstić information content (AvgIpc) is 3.30. The molecule has 5 rings (SSSR count). The second kappa shape index (κ2) is 12.0. The smallest absolute Gasteiger partial charge is 0.152 e. The van der Waals surface area contributed by atoms with E-state index in [1.807, 2.05) is 4.52 Å². The number of nitrogen functional groups attached to an aromatic ring is 1. The number of fused-ring (bicyclic) bond motifs is 2. The third kappa shape index (κ3) is 5.46. The van der Waals surface area contributed by atoms with Gasteiger partial charge in [0.15, 0.2) is 5.82 Å². The summed E-state index contributed by atoms with van der Waals surface area (Å²) in [5, 5.41) is 9.10. The van der Waals surface area contributed by atoms with Crippen molar-refractivity contribution in [2.75, 3.05) is 39.0 Å². The molecule has 1 aliphatic heterocycles. The number of rotatable bonds is 4. The fraction of sp³-hybridized carbons (Fsp3) is 0.333. The Bertz CT molecular complexity index is 1210. The number of benzene rings is 1. The highest BCUT2D eigenvalue weighted by molar-refractivity contribution is 7.22. The highest BCUT2D eigenvalue weighted by Gasteiger charge is 2.20. The van der Waals surface area contributed by atoms with E-state index in [4.69, 9.17) is 10.5 Å². The van der Waals surface area contributed by atoms with E-state index in [2.05, 4.69) is 51.5 Å². The molecule has 0 unspecified atom stereocenters. The molecule has 12 heteroatoms. The summed E-state index contributed by atoms with van der Waals surface area (Å²) in [7, 11) is 1.72. The number of nitrogens with zero attached hydrogens (tertiary/aromatic N) is 4. The number of halogens is 3. The third-order valence-electron chi connectivity index (χ3n) is 5.46. The van der Waals surface area contributed by atoms with E-state index in [1.165, 1.54) is 17.3 Å². The minimum atomic E-state index is 0. The molecule has 182 valence electrons. The molecule has 1 fully saturated rings. The van der Waals surface area contributed by atoms with Crippen LogP contribution >= 0.6 is 48.6 Å². The molecule has 1 saturated heterocycles. The lowest BCUT2D eigenvalue weighted by Gasteiger charge is -2.26. The van der Waals surface area contributed by atoms with Crippen molar-refractivity contribution in [2.45, 2.75) is 13.5 Å². The van der Waals surface area contributed by atoms with Gasteiger partial charge in [-0.05, 0) is 36.1 Å². The van der Waals surface area contributed by atoms with E-state index < -0.39 is 0 Å². The van der Waals surface area contributed by atoms with Gasteiger partial charge in [0.2, 0.25) is 0 Å². The van der Waals surface area contributed by atoms with E-state index in [0.717, 1.165) is 64.8 Å². The number of aryl methyl sites for hydroxylation is 1. The number of aromatic nitrogens is 3. The Labute approximate surface area is 215 Å². The molecule has 5 N–H and O–H groups in total. The molecule has 0 aliphatic carbocycles. The summed E-state index contributed by atoms with van der Waals surface area (Å²) in [5.74, 6) is 1.41. The number of anilines is 1. The van der Waals surface area contributed by atoms with Crippen LogP contribution in [0.15, 0.2) is 30.6 Å². The van der Waals surface area contributed by atoms with Gasteiger partial charge in [0.05, 0.1) is 17.5 Å². The molecule has 0 amide bonds. The minimum Gasteiger partial charge on any atom is -0.495 e. The first-order valence-corrected chi connectivity index (χ1v) is 10.6. The van der Waals surface area contributed by atoms with Gasteiger partial charge in [-0.1, -0.05) is 6.07 Å². The molecule has 0 atom stereocenters. The lowest BCUT2D eigenvalue weighted by atomic mass is 10.1. The lowest BCUT2D eigenvalue weighted by molar-refractivity contribution is 0.229. The number of hydrogen-bond donors (Lipinski definition) is 2. The van der Waals surface area contributed by atoms with Gasteiger partial charge in [-0.25, -0.2) is 9.50 Å². The molecular formula is C21H29Cl3N6O2S. The topological polar surface area (TPSA) is 112 Å². The molecule has 1 aromatic carbocycles.